The molecule has 1 aliphatic rings. The Morgan fingerprint density at radius 2 is 1.30 bits per heavy atom. The Balaban J connectivity index is 1.20. The summed E-state index contributed by atoms with van der Waals surface area (Å²) in [6.07, 6.45) is -7.88. The summed E-state index contributed by atoms with van der Waals surface area (Å²) in [5.41, 5.74) is 5.30. The van der Waals surface area contributed by atoms with Crippen molar-refractivity contribution in [3.05, 3.63) is 143 Å². The molecule has 1 fully saturated rings. The van der Waals surface area contributed by atoms with Gasteiger partial charge in [-0.2, -0.15) is 26.3 Å². The van der Waals surface area contributed by atoms with E-state index in [-0.39, 0.29) is 50.6 Å². The van der Waals surface area contributed by atoms with E-state index in [0.29, 0.717) is 35.0 Å². The summed E-state index contributed by atoms with van der Waals surface area (Å²) in [4.78, 5) is 74.5. The number of halogens is 6. The van der Waals surface area contributed by atoms with Crippen LogP contribution in [0.15, 0.2) is 109 Å². The van der Waals surface area contributed by atoms with Crippen molar-refractivity contribution >= 4 is 40.5 Å². The number of carbonyl (C=O) groups is 5. The van der Waals surface area contributed by atoms with Crippen LogP contribution in [-0.2, 0) is 66.9 Å². The zero-order valence-electron chi connectivity index (χ0n) is 36.8. The van der Waals surface area contributed by atoms with E-state index in [1.807, 2.05) is 36.4 Å². The van der Waals surface area contributed by atoms with Gasteiger partial charge in [0, 0.05) is 36.5 Å². The number of ether oxygens (including phenoxy) is 1. The molecule has 0 saturated carbocycles. The molecular formula is C49H52F6N6O6. The van der Waals surface area contributed by atoms with Gasteiger partial charge in [0.1, 0.15) is 30.8 Å². The van der Waals surface area contributed by atoms with Gasteiger partial charge in [-0.1, -0.05) is 92.7 Å². The standard InChI is InChI=1S/C49H52F6N6O6/c1-29(2)20-39(58-45(64)42-18-11-19-61(42)46(65)40(24-31-14-7-4-8-15-31)59-43(62)37(56)23-30-12-5-3-6-13-30)44(63)60-41(25-33-27-57-38-17-10-9-16-36(33)38)47(66)67-28-32-21-34(48(50,51)52)26-35(22-32)49(53,54)55/h3-10,12-17,21-22,26-27,29,37,39-42,57H,11,18-20,23-25,28,56H2,1-2H3,(H,58,64)(H,59,62)(H,60,63)/t37-,39-,40-,41-,42-/m0/s1. The molecule has 6 N–H and O–H groups in total. The van der Waals surface area contributed by atoms with Crippen LogP contribution in [0.25, 0.3) is 10.9 Å². The molecule has 356 valence electrons. The van der Waals surface area contributed by atoms with E-state index in [1.54, 1.807) is 68.6 Å². The number of alkyl halides is 6. The topological polar surface area (TPSA) is 176 Å². The monoisotopic (exact) mass is 934 g/mol. The predicted molar refractivity (Wildman–Crippen MR) is 236 cm³/mol. The number of amides is 4. The van der Waals surface area contributed by atoms with Crippen LogP contribution < -0.4 is 21.7 Å². The molecule has 6 rings (SSSR count). The van der Waals surface area contributed by atoms with Crippen LogP contribution in [-0.4, -0.2) is 76.2 Å². The molecule has 0 bridgehead atoms. The van der Waals surface area contributed by atoms with Gasteiger partial charge in [-0.05, 0) is 78.1 Å². The summed E-state index contributed by atoms with van der Waals surface area (Å²) in [5, 5.41) is 8.85. The SMILES string of the molecule is CC(C)C[C@H](NC(=O)[C@@H]1CCCN1C(=O)[C@H](Cc1ccccc1)NC(=O)[C@@H](N)Cc1ccccc1)C(=O)N[C@@H](Cc1c[nH]c2ccccc12)C(=O)OCc1cc(C(F)(F)F)cc(C(F)(F)F)c1. The Labute approximate surface area is 383 Å². The second kappa shape index (κ2) is 21.7. The first-order valence-electron chi connectivity index (χ1n) is 21.8. The quantitative estimate of drug-likeness (QED) is 0.0475. The molecule has 18 heteroatoms. The molecule has 67 heavy (non-hydrogen) atoms. The maximum absolute atomic E-state index is 14.4. The minimum Gasteiger partial charge on any atom is -0.459 e. The lowest BCUT2D eigenvalue weighted by Crippen LogP contribution is -2.58. The number of para-hydroxylation sites is 1. The van der Waals surface area contributed by atoms with E-state index in [2.05, 4.69) is 20.9 Å². The smallest absolute Gasteiger partial charge is 0.416 e. The Hall–Kier alpha value is -6.69. The number of esters is 1. The molecule has 5 atom stereocenters. The number of carbonyl (C=O) groups excluding carboxylic acids is 5. The summed E-state index contributed by atoms with van der Waals surface area (Å²) >= 11 is 0. The van der Waals surface area contributed by atoms with Crippen molar-refractivity contribution in [1.29, 1.82) is 0 Å². The Morgan fingerprint density at radius 1 is 0.716 bits per heavy atom. The zero-order chi connectivity index (χ0) is 48.5. The Kier molecular flexibility index (Phi) is 16.1. The number of nitrogens with two attached hydrogens (primary N) is 1. The molecule has 1 aromatic heterocycles. The lowest BCUT2D eigenvalue weighted by Gasteiger charge is -2.31. The largest absolute Gasteiger partial charge is 0.459 e. The zero-order valence-corrected chi connectivity index (χ0v) is 36.8. The highest BCUT2D eigenvalue weighted by atomic mass is 19.4. The number of aromatic nitrogens is 1. The first kappa shape index (κ1) is 49.7. The number of H-pyrrole nitrogens is 1. The highest BCUT2D eigenvalue weighted by molar-refractivity contribution is 5.96. The van der Waals surface area contributed by atoms with Crippen molar-refractivity contribution in [1.82, 2.24) is 25.8 Å². The third-order valence-electron chi connectivity index (χ3n) is 11.4. The lowest BCUT2D eigenvalue weighted by atomic mass is 10.00. The second-order valence-corrected chi connectivity index (χ2v) is 17.1. The fraction of sp³-hybridized carbons (Fsp3) is 0.367. The molecule has 0 radical (unpaired) electrons. The molecule has 4 aromatic carbocycles. The maximum atomic E-state index is 14.4. The Bertz CT molecular complexity index is 2480. The average molecular weight is 935 g/mol. The van der Waals surface area contributed by atoms with Crippen LogP contribution in [0.4, 0.5) is 26.3 Å². The summed E-state index contributed by atoms with van der Waals surface area (Å²) < 4.78 is 87.0. The molecule has 0 spiro atoms. The van der Waals surface area contributed by atoms with Crippen molar-refractivity contribution in [3.63, 3.8) is 0 Å². The van der Waals surface area contributed by atoms with Crippen molar-refractivity contribution in [3.8, 4) is 0 Å². The van der Waals surface area contributed by atoms with Gasteiger partial charge in [0.25, 0.3) is 0 Å². The summed E-state index contributed by atoms with van der Waals surface area (Å²) in [6.45, 7) is 2.76. The number of fused-ring (bicyclic) bond motifs is 1. The average Bonchev–Trinajstić information content (AvgIpc) is 3.95. The van der Waals surface area contributed by atoms with Gasteiger partial charge < -0.3 is 36.3 Å². The third-order valence-corrected chi connectivity index (χ3v) is 11.4. The number of rotatable bonds is 18. The molecule has 5 aromatic rings. The maximum Gasteiger partial charge on any atom is 0.416 e. The molecule has 2 heterocycles. The molecule has 1 aliphatic heterocycles. The van der Waals surface area contributed by atoms with Gasteiger partial charge in [-0.3, -0.25) is 19.2 Å². The lowest BCUT2D eigenvalue weighted by molar-refractivity contribution is -0.149. The first-order chi connectivity index (χ1) is 31.8. The number of aromatic amines is 1. The number of hydrogen-bond acceptors (Lipinski definition) is 7. The third kappa shape index (κ3) is 13.5. The molecule has 12 nitrogen and oxygen atoms in total. The van der Waals surface area contributed by atoms with Gasteiger partial charge in [0.2, 0.25) is 23.6 Å². The van der Waals surface area contributed by atoms with Crippen molar-refractivity contribution < 1.29 is 55.1 Å². The highest BCUT2D eigenvalue weighted by Gasteiger charge is 2.41. The Morgan fingerprint density at radius 3 is 1.91 bits per heavy atom. The van der Waals surface area contributed by atoms with E-state index in [9.17, 15) is 50.3 Å². The summed E-state index contributed by atoms with van der Waals surface area (Å²) in [5.74, 6) is -3.96. The van der Waals surface area contributed by atoms with Crippen LogP contribution in [0, 0.1) is 5.92 Å². The minimum absolute atomic E-state index is 0.0414. The number of likely N-dealkylation sites (tertiary alicyclic amines) is 1. The van der Waals surface area contributed by atoms with Crippen molar-refractivity contribution in [2.75, 3.05) is 6.54 Å². The fourth-order valence-corrected chi connectivity index (χ4v) is 8.11. The highest BCUT2D eigenvalue weighted by Crippen LogP contribution is 2.36. The van der Waals surface area contributed by atoms with Gasteiger partial charge >= 0.3 is 18.3 Å². The van der Waals surface area contributed by atoms with Crippen LogP contribution in [0.1, 0.15) is 66.5 Å². The van der Waals surface area contributed by atoms with E-state index < -0.39 is 95.5 Å². The van der Waals surface area contributed by atoms with E-state index in [1.165, 1.54) is 4.90 Å². The van der Waals surface area contributed by atoms with Gasteiger partial charge in [-0.25, -0.2) is 4.79 Å². The van der Waals surface area contributed by atoms with E-state index in [4.69, 9.17) is 10.5 Å². The summed E-state index contributed by atoms with van der Waals surface area (Å²) in [7, 11) is 0. The fourth-order valence-electron chi connectivity index (χ4n) is 8.11. The van der Waals surface area contributed by atoms with Crippen LogP contribution in [0.3, 0.4) is 0 Å². The van der Waals surface area contributed by atoms with Crippen molar-refractivity contribution in [2.24, 2.45) is 11.7 Å². The van der Waals surface area contributed by atoms with Gasteiger partial charge in [-0.15, -0.1) is 0 Å². The minimum atomic E-state index is -5.14. The number of nitrogens with zero attached hydrogens (tertiary/aromatic N) is 1. The van der Waals surface area contributed by atoms with Crippen LogP contribution in [0.5, 0.6) is 0 Å². The molecule has 0 aliphatic carbocycles. The van der Waals surface area contributed by atoms with E-state index in [0.717, 1.165) is 11.1 Å². The normalized spacial score (nSPS) is 16.0. The van der Waals surface area contributed by atoms with Gasteiger partial charge in [0.05, 0.1) is 17.2 Å². The molecule has 4 amide bonds. The molecular weight excluding hydrogens is 883 g/mol. The number of benzene rings is 4. The van der Waals surface area contributed by atoms with Crippen LogP contribution in [0.2, 0.25) is 0 Å². The first-order valence-corrected chi connectivity index (χ1v) is 21.8. The second-order valence-electron chi connectivity index (χ2n) is 17.1. The number of nitrogens with one attached hydrogen (secondary N) is 4. The molecule has 1 saturated heterocycles. The van der Waals surface area contributed by atoms with Gasteiger partial charge in [0.15, 0.2) is 0 Å². The van der Waals surface area contributed by atoms with Crippen LogP contribution >= 0.6 is 0 Å². The summed E-state index contributed by atoms with van der Waals surface area (Å²) in [6, 6.07) is 20.0. The van der Waals surface area contributed by atoms with E-state index >= 15 is 0 Å². The number of hydrogen-bond donors (Lipinski definition) is 5. The van der Waals surface area contributed by atoms with Crippen molar-refractivity contribution in [2.45, 2.75) is 102 Å². The predicted octanol–water partition coefficient (Wildman–Crippen LogP) is 6.80. The molecule has 0 unspecified atom stereocenters.